The number of carbonyl (C=O) groups is 2. The van der Waals surface area contributed by atoms with Crippen LogP contribution in [0, 0.1) is 11.6 Å². The Balaban J connectivity index is 2.01. The molecule has 0 saturated carbocycles. The molecule has 130 valence electrons. The van der Waals surface area contributed by atoms with E-state index in [-0.39, 0.29) is 17.1 Å². The van der Waals surface area contributed by atoms with E-state index in [4.69, 9.17) is 17.3 Å². The van der Waals surface area contributed by atoms with Gasteiger partial charge in [-0.05, 0) is 42.2 Å². The van der Waals surface area contributed by atoms with E-state index in [0.717, 1.165) is 12.3 Å². The fraction of sp³-hybridized carbons (Fsp3) is 0.235. The zero-order valence-electron chi connectivity index (χ0n) is 13.0. The van der Waals surface area contributed by atoms with Crippen LogP contribution in [0.5, 0.6) is 0 Å². The number of pyridine rings is 1. The predicted octanol–water partition coefficient (Wildman–Crippen LogP) is 2.63. The third-order valence-corrected chi connectivity index (χ3v) is 4.35. The lowest BCUT2D eigenvalue weighted by atomic mass is 10.1. The second-order valence-electron chi connectivity index (χ2n) is 5.80. The second kappa shape index (κ2) is 6.76. The summed E-state index contributed by atoms with van der Waals surface area (Å²) in [7, 11) is 0. The van der Waals surface area contributed by atoms with Crippen molar-refractivity contribution < 1.29 is 18.4 Å². The first-order valence-electron chi connectivity index (χ1n) is 7.54. The average molecular weight is 366 g/mol. The molecule has 8 heteroatoms. The third-order valence-electron chi connectivity index (χ3n) is 4.14. The molecular formula is C17H14ClF2N3O2. The number of nitrogens with two attached hydrogens (primary N) is 1. The first-order chi connectivity index (χ1) is 11.9. The lowest BCUT2D eigenvalue weighted by molar-refractivity contribution is -0.119. The Morgan fingerprint density at radius 1 is 1.28 bits per heavy atom. The summed E-state index contributed by atoms with van der Waals surface area (Å²) < 4.78 is 27.5. The van der Waals surface area contributed by atoms with Gasteiger partial charge in [-0.3, -0.25) is 14.6 Å². The molecule has 0 saturated heterocycles. The molecule has 1 aromatic carbocycles. The minimum Gasteiger partial charge on any atom is -0.368 e. The Morgan fingerprint density at radius 2 is 2.04 bits per heavy atom. The molecule has 1 heterocycles. The van der Waals surface area contributed by atoms with Gasteiger partial charge < -0.3 is 10.6 Å². The Kier molecular flexibility index (Phi) is 4.67. The summed E-state index contributed by atoms with van der Waals surface area (Å²) in [5.41, 5.74) is 6.23. The van der Waals surface area contributed by atoms with Gasteiger partial charge in [0.05, 0.1) is 17.8 Å². The van der Waals surface area contributed by atoms with Crippen LogP contribution in [-0.4, -0.2) is 28.2 Å². The minimum atomic E-state index is -0.728. The summed E-state index contributed by atoms with van der Waals surface area (Å²) in [6.45, 7) is -0.381. The highest BCUT2D eigenvalue weighted by atomic mass is 35.5. The Morgan fingerprint density at radius 3 is 2.72 bits per heavy atom. The maximum absolute atomic E-state index is 14.1. The maximum atomic E-state index is 14.1. The number of hydrogen-bond donors (Lipinski definition) is 1. The number of carbonyl (C=O) groups excluding carboxylic acids is 2. The summed E-state index contributed by atoms with van der Waals surface area (Å²) in [6, 6.07) is 3.23. The van der Waals surface area contributed by atoms with Gasteiger partial charge in [-0.2, -0.15) is 0 Å². The molecule has 1 aliphatic rings. The lowest BCUT2D eigenvalue weighted by Crippen LogP contribution is -2.40. The number of amides is 2. The van der Waals surface area contributed by atoms with Gasteiger partial charge in [-0.25, -0.2) is 8.78 Å². The van der Waals surface area contributed by atoms with Crippen molar-refractivity contribution in [1.82, 2.24) is 9.88 Å². The number of nitrogens with zero attached hydrogens (tertiary/aromatic N) is 2. The van der Waals surface area contributed by atoms with Crippen molar-refractivity contribution in [3.8, 4) is 0 Å². The van der Waals surface area contributed by atoms with Crippen LogP contribution < -0.4 is 5.73 Å². The van der Waals surface area contributed by atoms with Crippen LogP contribution in [0.4, 0.5) is 8.78 Å². The first-order valence-corrected chi connectivity index (χ1v) is 7.92. The van der Waals surface area contributed by atoms with Gasteiger partial charge in [-0.1, -0.05) is 11.6 Å². The fourth-order valence-electron chi connectivity index (χ4n) is 3.13. The quantitative estimate of drug-likeness (QED) is 0.904. The molecule has 0 radical (unpaired) electrons. The number of rotatable bonds is 4. The molecule has 2 amide bonds. The number of aromatic nitrogens is 1. The van der Waals surface area contributed by atoms with Gasteiger partial charge in [0.1, 0.15) is 18.2 Å². The van der Waals surface area contributed by atoms with E-state index in [9.17, 15) is 18.4 Å². The number of primary amides is 1. The van der Waals surface area contributed by atoms with Gasteiger partial charge in [0.25, 0.3) is 5.91 Å². The molecule has 1 unspecified atom stereocenters. The monoisotopic (exact) mass is 365 g/mol. The average Bonchev–Trinajstić information content (AvgIpc) is 2.95. The number of fused-ring (bicyclic) bond motifs is 1. The minimum absolute atomic E-state index is 0.0165. The molecule has 2 aromatic rings. The molecule has 2 N–H and O–H groups in total. The van der Waals surface area contributed by atoms with Gasteiger partial charge in [0.15, 0.2) is 0 Å². The smallest absolute Gasteiger partial charge is 0.256 e. The van der Waals surface area contributed by atoms with Crippen molar-refractivity contribution in [1.29, 1.82) is 0 Å². The molecule has 1 aromatic heterocycles. The second-order valence-corrected chi connectivity index (χ2v) is 6.24. The van der Waals surface area contributed by atoms with Gasteiger partial charge >= 0.3 is 0 Å². The van der Waals surface area contributed by atoms with Crippen molar-refractivity contribution in [2.24, 2.45) is 5.73 Å². The topological polar surface area (TPSA) is 76.3 Å². The number of halogens is 3. The van der Waals surface area contributed by atoms with Crippen LogP contribution in [0.25, 0.3) is 0 Å². The van der Waals surface area contributed by atoms with Crippen molar-refractivity contribution in [2.75, 3.05) is 6.54 Å². The molecule has 25 heavy (non-hydrogen) atoms. The van der Waals surface area contributed by atoms with E-state index in [0.29, 0.717) is 24.0 Å². The summed E-state index contributed by atoms with van der Waals surface area (Å²) in [5, 5.41) is 0.196. The SMILES string of the molecule is NC(=O)CN(C(=O)c1cncc(F)c1)C1CCc2c(F)cc(Cl)cc21. The van der Waals surface area contributed by atoms with E-state index >= 15 is 0 Å². The van der Waals surface area contributed by atoms with E-state index in [1.54, 1.807) is 6.07 Å². The molecule has 0 spiro atoms. The molecular weight excluding hydrogens is 352 g/mol. The summed E-state index contributed by atoms with van der Waals surface area (Å²) in [4.78, 5) is 29.1. The highest BCUT2D eigenvalue weighted by Crippen LogP contribution is 2.39. The molecule has 1 atom stereocenters. The Bertz CT molecular complexity index is 860. The summed E-state index contributed by atoms with van der Waals surface area (Å²) >= 11 is 5.93. The molecule has 0 bridgehead atoms. The van der Waals surface area contributed by atoms with Crippen molar-refractivity contribution in [3.63, 3.8) is 0 Å². The zero-order chi connectivity index (χ0) is 18.1. The number of benzene rings is 1. The van der Waals surface area contributed by atoms with Crippen LogP contribution in [0.15, 0.2) is 30.6 Å². The van der Waals surface area contributed by atoms with Crippen LogP contribution in [-0.2, 0) is 11.2 Å². The molecule has 5 nitrogen and oxygen atoms in total. The normalized spacial score (nSPS) is 15.7. The molecule has 0 fully saturated rings. The summed E-state index contributed by atoms with van der Waals surface area (Å²) in [6.07, 6.45) is 2.98. The highest BCUT2D eigenvalue weighted by molar-refractivity contribution is 6.30. The lowest BCUT2D eigenvalue weighted by Gasteiger charge is -2.28. The fourth-order valence-corrected chi connectivity index (χ4v) is 3.34. The van der Waals surface area contributed by atoms with E-state index in [1.165, 1.54) is 17.2 Å². The van der Waals surface area contributed by atoms with E-state index in [2.05, 4.69) is 4.98 Å². The Labute approximate surface area is 147 Å². The van der Waals surface area contributed by atoms with Crippen LogP contribution in [0.2, 0.25) is 5.02 Å². The zero-order valence-corrected chi connectivity index (χ0v) is 13.8. The van der Waals surface area contributed by atoms with Crippen molar-refractivity contribution in [3.05, 3.63) is 63.9 Å². The van der Waals surface area contributed by atoms with Gasteiger partial charge in [-0.15, -0.1) is 0 Å². The number of hydrogen-bond acceptors (Lipinski definition) is 3. The molecule has 1 aliphatic carbocycles. The van der Waals surface area contributed by atoms with Crippen LogP contribution in [0.3, 0.4) is 0 Å². The van der Waals surface area contributed by atoms with Crippen molar-refractivity contribution in [2.45, 2.75) is 18.9 Å². The summed E-state index contributed by atoms with van der Waals surface area (Å²) in [5.74, 6) is -2.47. The first kappa shape index (κ1) is 17.3. The third kappa shape index (κ3) is 3.46. The molecule has 3 rings (SSSR count). The highest BCUT2D eigenvalue weighted by Gasteiger charge is 2.34. The standard InChI is InChI=1S/C17H14ClF2N3O2/c18-10-4-13-12(14(20)5-10)1-2-15(13)23(8-16(21)24)17(25)9-3-11(19)7-22-6-9/h3-7,15H,1-2,8H2,(H2,21,24). The van der Waals surface area contributed by atoms with Crippen LogP contribution >= 0.6 is 11.6 Å². The van der Waals surface area contributed by atoms with E-state index in [1.807, 2.05) is 0 Å². The van der Waals surface area contributed by atoms with Crippen LogP contribution in [0.1, 0.15) is 33.9 Å². The van der Waals surface area contributed by atoms with Gasteiger partial charge in [0.2, 0.25) is 5.91 Å². The van der Waals surface area contributed by atoms with E-state index < -0.39 is 29.5 Å². The predicted molar refractivity (Wildman–Crippen MR) is 86.9 cm³/mol. The van der Waals surface area contributed by atoms with Gasteiger partial charge in [0, 0.05) is 11.2 Å². The largest absolute Gasteiger partial charge is 0.368 e. The molecule has 0 aliphatic heterocycles. The Hall–Kier alpha value is -2.54. The van der Waals surface area contributed by atoms with Crippen molar-refractivity contribution >= 4 is 23.4 Å². The maximum Gasteiger partial charge on any atom is 0.256 e.